The summed E-state index contributed by atoms with van der Waals surface area (Å²) in [4.78, 5) is 10.9. The smallest absolute Gasteiger partial charge is 0.155 e. The molecule has 0 unspecified atom stereocenters. The van der Waals surface area contributed by atoms with Gasteiger partial charge in [0.15, 0.2) is 5.78 Å². The van der Waals surface area contributed by atoms with Gasteiger partial charge in [-0.2, -0.15) is 0 Å². The van der Waals surface area contributed by atoms with E-state index in [0.29, 0.717) is 5.78 Å². The van der Waals surface area contributed by atoms with Crippen LogP contribution >= 0.6 is 0 Å². The van der Waals surface area contributed by atoms with E-state index < -0.39 is 0 Å². The Kier molecular flexibility index (Phi) is 2.67. The van der Waals surface area contributed by atoms with Crippen LogP contribution in [-0.2, 0) is 4.79 Å². The Hall–Kier alpha value is -0.590. The fraction of sp³-hybridized carbons (Fsp3) is 0.667. The Bertz CT molecular complexity index is 156. The highest BCUT2D eigenvalue weighted by molar-refractivity contribution is 5.91. The molecular weight excluding hydrogens is 124 g/mol. The molecule has 0 aromatic carbocycles. The van der Waals surface area contributed by atoms with E-state index >= 15 is 0 Å². The second-order valence-electron chi connectivity index (χ2n) is 2.87. The summed E-state index contributed by atoms with van der Waals surface area (Å²) in [5.74, 6) is 0.328. The molecule has 1 aliphatic carbocycles. The monoisotopic (exact) mass is 138 g/mol. The van der Waals surface area contributed by atoms with Crippen molar-refractivity contribution in [1.29, 1.82) is 0 Å². The van der Waals surface area contributed by atoms with Gasteiger partial charge in [-0.25, -0.2) is 0 Å². The van der Waals surface area contributed by atoms with Crippen molar-refractivity contribution < 1.29 is 4.79 Å². The van der Waals surface area contributed by atoms with Gasteiger partial charge in [-0.1, -0.05) is 18.9 Å². The van der Waals surface area contributed by atoms with Crippen molar-refractivity contribution in [3.63, 3.8) is 0 Å². The van der Waals surface area contributed by atoms with Gasteiger partial charge in [-0.3, -0.25) is 4.79 Å². The van der Waals surface area contributed by atoms with Crippen LogP contribution in [0.25, 0.3) is 0 Å². The summed E-state index contributed by atoms with van der Waals surface area (Å²) in [6, 6.07) is 0. The number of allylic oxidation sites excluding steroid dienone is 2. The van der Waals surface area contributed by atoms with Crippen LogP contribution in [0.3, 0.4) is 0 Å². The van der Waals surface area contributed by atoms with Gasteiger partial charge in [-0.15, -0.1) is 0 Å². The maximum absolute atomic E-state index is 10.9. The summed E-state index contributed by atoms with van der Waals surface area (Å²) in [5.41, 5.74) is 1.36. The Morgan fingerprint density at radius 2 is 2.30 bits per heavy atom. The molecule has 0 radical (unpaired) electrons. The number of carbonyl (C=O) groups excluding carboxylic acids is 1. The molecule has 0 aromatic rings. The fourth-order valence-electron chi connectivity index (χ4n) is 1.38. The largest absolute Gasteiger partial charge is 0.295 e. The van der Waals surface area contributed by atoms with E-state index in [0.717, 1.165) is 25.7 Å². The van der Waals surface area contributed by atoms with E-state index in [-0.39, 0.29) is 0 Å². The van der Waals surface area contributed by atoms with Crippen LogP contribution in [0.2, 0.25) is 0 Å². The molecule has 0 saturated heterocycles. The second kappa shape index (κ2) is 3.55. The predicted octanol–water partition coefficient (Wildman–Crippen LogP) is 2.47. The molecule has 0 atom stereocenters. The average molecular weight is 138 g/mol. The first-order valence-electron chi connectivity index (χ1n) is 4.05. The molecule has 0 saturated carbocycles. The van der Waals surface area contributed by atoms with Crippen molar-refractivity contribution in [2.75, 3.05) is 0 Å². The normalized spacial score (nSPS) is 18.9. The third kappa shape index (κ3) is 1.98. The van der Waals surface area contributed by atoms with E-state index in [2.05, 4.69) is 6.92 Å². The summed E-state index contributed by atoms with van der Waals surface area (Å²) in [6.07, 6.45) is 7.12. The zero-order valence-corrected chi connectivity index (χ0v) is 6.52. The summed E-state index contributed by atoms with van der Waals surface area (Å²) in [5, 5.41) is 0. The second-order valence-corrected chi connectivity index (χ2v) is 2.87. The molecule has 0 aliphatic heterocycles. The van der Waals surface area contributed by atoms with Crippen LogP contribution in [0.4, 0.5) is 0 Å². The van der Waals surface area contributed by atoms with E-state index in [1.54, 1.807) is 0 Å². The SMILES string of the molecule is CCCC1=CC(=O)CCC1. The number of ketones is 1. The molecule has 1 aliphatic rings. The lowest BCUT2D eigenvalue weighted by atomic mass is 9.96. The Labute approximate surface area is 62.1 Å². The van der Waals surface area contributed by atoms with E-state index in [1.807, 2.05) is 6.08 Å². The Balaban J connectivity index is 2.49. The van der Waals surface area contributed by atoms with Crippen molar-refractivity contribution in [3.05, 3.63) is 11.6 Å². The average Bonchev–Trinajstić information content (AvgIpc) is 1.88. The molecule has 0 amide bonds. The highest BCUT2D eigenvalue weighted by atomic mass is 16.1. The van der Waals surface area contributed by atoms with Gasteiger partial charge in [0.25, 0.3) is 0 Å². The van der Waals surface area contributed by atoms with Crippen LogP contribution in [-0.4, -0.2) is 5.78 Å². The van der Waals surface area contributed by atoms with Crippen LogP contribution in [0.5, 0.6) is 0 Å². The highest BCUT2D eigenvalue weighted by Crippen LogP contribution is 2.18. The molecular formula is C9H14O. The minimum absolute atomic E-state index is 0.328. The van der Waals surface area contributed by atoms with E-state index in [9.17, 15) is 4.79 Å². The highest BCUT2D eigenvalue weighted by Gasteiger charge is 2.07. The maximum Gasteiger partial charge on any atom is 0.155 e. The standard InChI is InChI=1S/C9H14O/c1-2-4-8-5-3-6-9(10)7-8/h7H,2-6H2,1H3. The molecule has 0 N–H and O–H groups in total. The predicted molar refractivity (Wildman–Crippen MR) is 41.8 cm³/mol. The van der Waals surface area contributed by atoms with Gasteiger partial charge >= 0.3 is 0 Å². The molecule has 1 rings (SSSR count). The van der Waals surface area contributed by atoms with Gasteiger partial charge in [0.2, 0.25) is 0 Å². The quantitative estimate of drug-likeness (QED) is 0.573. The van der Waals surface area contributed by atoms with Crippen molar-refractivity contribution in [2.24, 2.45) is 0 Å². The number of hydrogen-bond acceptors (Lipinski definition) is 1. The van der Waals surface area contributed by atoms with Gasteiger partial charge in [0.05, 0.1) is 0 Å². The zero-order valence-electron chi connectivity index (χ0n) is 6.52. The van der Waals surface area contributed by atoms with E-state index in [1.165, 1.54) is 12.0 Å². The topological polar surface area (TPSA) is 17.1 Å². The number of rotatable bonds is 2. The third-order valence-corrected chi connectivity index (χ3v) is 1.86. The first kappa shape index (κ1) is 7.52. The molecule has 1 heteroatoms. The van der Waals surface area contributed by atoms with Gasteiger partial charge < -0.3 is 0 Å². The molecule has 56 valence electrons. The summed E-state index contributed by atoms with van der Waals surface area (Å²) in [7, 11) is 0. The molecule has 0 bridgehead atoms. The molecule has 0 aromatic heterocycles. The lowest BCUT2D eigenvalue weighted by Crippen LogP contribution is -2.02. The molecule has 0 fully saturated rings. The van der Waals surface area contributed by atoms with Crippen LogP contribution in [0.15, 0.2) is 11.6 Å². The number of hydrogen-bond donors (Lipinski definition) is 0. The first-order chi connectivity index (χ1) is 4.83. The van der Waals surface area contributed by atoms with E-state index in [4.69, 9.17) is 0 Å². The minimum atomic E-state index is 0.328. The lowest BCUT2D eigenvalue weighted by Gasteiger charge is -2.09. The van der Waals surface area contributed by atoms with Gasteiger partial charge in [0, 0.05) is 6.42 Å². The van der Waals surface area contributed by atoms with Crippen molar-refractivity contribution in [1.82, 2.24) is 0 Å². The third-order valence-electron chi connectivity index (χ3n) is 1.86. The van der Waals surface area contributed by atoms with Crippen molar-refractivity contribution in [3.8, 4) is 0 Å². The minimum Gasteiger partial charge on any atom is -0.295 e. The molecule has 10 heavy (non-hydrogen) atoms. The molecule has 0 spiro atoms. The van der Waals surface area contributed by atoms with Crippen LogP contribution in [0.1, 0.15) is 39.0 Å². The van der Waals surface area contributed by atoms with Crippen molar-refractivity contribution in [2.45, 2.75) is 39.0 Å². The van der Waals surface area contributed by atoms with Crippen LogP contribution < -0.4 is 0 Å². The molecule has 0 heterocycles. The fourth-order valence-corrected chi connectivity index (χ4v) is 1.38. The van der Waals surface area contributed by atoms with Crippen LogP contribution in [0, 0.1) is 0 Å². The first-order valence-corrected chi connectivity index (χ1v) is 4.05. The van der Waals surface area contributed by atoms with Gasteiger partial charge in [0.1, 0.15) is 0 Å². The van der Waals surface area contributed by atoms with Crippen molar-refractivity contribution >= 4 is 5.78 Å². The Morgan fingerprint density at radius 1 is 1.50 bits per heavy atom. The maximum atomic E-state index is 10.9. The summed E-state index contributed by atoms with van der Waals surface area (Å²) >= 11 is 0. The Morgan fingerprint density at radius 3 is 2.90 bits per heavy atom. The lowest BCUT2D eigenvalue weighted by molar-refractivity contribution is -0.115. The number of carbonyl (C=O) groups is 1. The zero-order chi connectivity index (χ0) is 7.40. The van der Waals surface area contributed by atoms with Gasteiger partial charge in [-0.05, 0) is 25.3 Å². The molecule has 1 nitrogen and oxygen atoms in total. The summed E-state index contributed by atoms with van der Waals surface area (Å²) in [6.45, 7) is 2.15. The summed E-state index contributed by atoms with van der Waals surface area (Å²) < 4.78 is 0.